The molecule has 0 saturated heterocycles. The van der Waals surface area contributed by atoms with Crippen molar-refractivity contribution in [2.75, 3.05) is 0 Å². The van der Waals surface area contributed by atoms with Gasteiger partial charge in [0.1, 0.15) is 0 Å². The number of aromatic nitrogens is 3. The van der Waals surface area contributed by atoms with Gasteiger partial charge in [-0.15, -0.1) is 0 Å². The first-order valence-electron chi connectivity index (χ1n) is 4.79. The van der Waals surface area contributed by atoms with E-state index in [9.17, 15) is 0 Å². The van der Waals surface area contributed by atoms with Crippen LogP contribution in [0.25, 0.3) is 16.9 Å². The lowest BCUT2D eigenvalue weighted by Crippen LogP contribution is -1.90. The Kier molecular flexibility index (Phi) is 1.75. The van der Waals surface area contributed by atoms with Gasteiger partial charge in [-0.3, -0.25) is 0 Å². The first kappa shape index (κ1) is 8.17. The van der Waals surface area contributed by atoms with Crippen molar-refractivity contribution in [3.05, 3.63) is 54.9 Å². The number of hydrogen-bond donors (Lipinski definition) is 0. The molecule has 2 aromatic heterocycles. The molecule has 0 atom stereocenters. The molecule has 0 aliphatic rings. The second kappa shape index (κ2) is 3.20. The van der Waals surface area contributed by atoms with Crippen LogP contribution in [0, 0.1) is 0 Å². The molecular formula is C12H9N3. The predicted octanol–water partition coefficient (Wildman–Crippen LogP) is 2.40. The quantitative estimate of drug-likeness (QED) is 0.596. The predicted molar refractivity (Wildman–Crippen MR) is 58.4 cm³/mol. The first-order valence-corrected chi connectivity index (χ1v) is 4.79. The lowest BCUT2D eigenvalue weighted by molar-refractivity contribution is 0.941. The number of fused-ring (bicyclic) bond motifs is 1. The van der Waals surface area contributed by atoms with Gasteiger partial charge in [-0.05, 0) is 6.07 Å². The summed E-state index contributed by atoms with van der Waals surface area (Å²) >= 11 is 0. The van der Waals surface area contributed by atoms with E-state index in [0.717, 1.165) is 16.9 Å². The highest BCUT2D eigenvalue weighted by molar-refractivity contribution is 5.60. The van der Waals surface area contributed by atoms with Crippen LogP contribution >= 0.6 is 0 Å². The number of hydrogen-bond acceptors (Lipinski definition) is 2. The summed E-state index contributed by atoms with van der Waals surface area (Å²) in [6.45, 7) is 0. The van der Waals surface area contributed by atoms with E-state index in [1.165, 1.54) is 0 Å². The van der Waals surface area contributed by atoms with Crippen LogP contribution < -0.4 is 0 Å². The first-order chi connectivity index (χ1) is 7.43. The molecule has 3 heteroatoms. The lowest BCUT2D eigenvalue weighted by Gasteiger charge is -2.00. The van der Waals surface area contributed by atoms with Crippen LogP contribution in [0.4, 0.5) is 0 Å². The Bertz CT molecular complexity index is 584. The van der Waals surface area contributed by atoms with E-state index in [1.54, 1.807) is 10.7 Å². The summed E-state index contributed by atoms with van der Waals surface area (Å²) < 4.78 is 1.76. The zero-order valence-corrected chi connectivity index (χ0v) is 8.04. The van der Waals surface area contributed by atoms with Gasteiger partial charge in [0.2, 0.25) is 0 Å². The van der Waals surface area contributed by atoms with Crippen molar-refractivity contribution < 1.29 is 0 Å². The summed E-state index contributed by atoms with van der Waals surface area (Å²) in [5, 5.41) is 4.11. The summed E-state index contributed by atoms with van der Waals surface area (Å²) in [7, 11) is 0. The van der Waals surface area contributed by atoms with Gasteiger partial charge in [-0.1, -0.05) is 30.3 Å². The Morgan fingerprint density at radius 2 is 1.80 bits per heavy atom. The summed E-state index contributed by atoms with van der Waals surface area (Å²) in [5.41, 5.74) is 2.97. The molecule has 3 aromatic rings. The average molecular weight is 195 g/mol. The highest BCUT2D eigenvalue weighted by atomic mass is 15.2. The number of rotatable bonds is 1. The molecule has 3 rings (SSSR count). The minimum absolute atomic E-state index is 0.872. The Morgan fingerprint density at radius 1 is 0.933 bits per heavy atom. The van der Waals surface area contributed by atoms with E-state index in [1.807, 2.05) is 36.5 Å². The fourth-order valence-electron chi connectivity index (χ4n) is 1.58. The van der Waals surface area contributed by atoms with E-state index in [4.69, 9.17) is 0 Å². The molecule has 0 radical (unpaired) electrons. The van der Waals surface area contributed by atoms with Crippen LogP contribution in [0.1, 0.15) is 0 Å². The highest BCUT2D eigenvalue weighted by Gasteiger charge is 2.00. The lowest BCUT2D eigenvalue weighted by atomic mass is 10.1. The molecule has 1 aromatic carbocycles. The number of nitrogens with zero attached hydrogens (tertiary/aromatic N) is 3. The normalized spacial score (nSPS) is 10.7. The molecule has 2 heterocycles. The van der Waals surface area contributed by atoms with Crippen molar-refractivity contribution >= 4 is 5.65 Å². The van der Waals surface area contributed by atoms with Gasteiger partial charge in [0, 0.05) is 17.8 Å². The Morgan fingerprint density at radius 3 is 2.67 bits per heavy atom. The standard InChI is InChI=1S/C12H9N3/c1-2-4-10(5-3-1)11-7-9-15-12(14-11)6-8-13-15/h1-9H. The van der Waals surface area contributed by atoms with E-state index in [2.05, 4.69) is 22.2 Å². The second-order valence-electron chi connectivity index (χ2n) is 3.31. The van der Waals surface area contributed by atoms with Crippen molar-refractivity contribution in [1.29, 1.82) is 0 Å². The molecule has 0 unspecified atom stereocenters. The van der Waals surface area contributed by atoms with Crippen LogP contribution in [0.5, 0.6) is 0 Å². The summed E-state index contributed by atoms with van der Waals surface area (Å²) in [5.74, 6) is 0. The zero-order chi connectivity index (χ0) is 10.1. The average Bonchev–Trinajstić information content (AvgIpc) is 2.77. The molecule has 0 saturated carbocycles. The van der Waals surface area contributed by atoms with E-state index >= 15 is 0 Å². The van der Waals surface area contributed by atoms with Gasteiger partial charge in [-0.2, -0.15) is 5.10 Å². The fourth-order valence-corrected chi connectivity index (χ4v) is 1.58. The molecule has 0 spiro atoms. The monoisotopic (exact) mass is 195 g/mol. The largest absolute Gasteiger partial charge is 0.229 e. The van der Waals surface area contributed by atoms with Crippen molar-refractivity contribution in [3.8, 4) is 11.3 Å². The van der Waals surface area contributed by atoms with Gasteiger partial charge in [0.15, 0.2) is 5.65 Å². The summed E-state index contributed by atoms with van der Waals surface area (Å²) in [6, 6.07) is 14.0. The van der Waals surface area contributed by atoms with Gasteiger partial charge in [0.25, 0.3) is 0 Å². The van der Waals surface area contributed by atoms with Gasteiger partial charge in [0.05, 0.1) is 11.9 Å². The molecule has 15 heavy (non-hydrogen) atoms. The number of benzene rings is 1. The minimum Gasteiger partial charge on any atom is -0.229 e. The molecule has 0 fully saturated rings. The molecule has 0 aliphatic heterocycles. The van der Waals surface area contributed by atoms with E-state index in [0.29, 0.717) is 0 Å². The summed E-state index contributed by atoms with van der Waals surface area (Å²) in [4.78, 5) is 4.51. The molecular weight excluding hydrogens is 186 g/mol. The fraction of sp³-hybridized carbons (Fsp3) is 0. The van der Waals surface area contributed by atoms with Crippen molar-refractivity contribution in [2.24, 2.45) is 0 Å². The van der Waals surface area contributed by atoms with E-state index in [-0.39, 0.29) is 0 Å². The smallest absolute Gasteiger partial charge is 0.155 e. The van der Waals surface area contributed by atoms with E-state index < -0.39 is 0 Å². The highest BCUT2D eigenvalue weighted by Crippen LogP contribution is 2.16. The third-order valence-corrected chi connectivity index (χ3v) is 2.33. The maximum Gasteiger partial charge on any atom is 0.155 e. The second-order valence-corrected chi connectivity index (χ2v) is 3.31. The van der Waals surface area contributed by atoms with Gasteiger partial charge >= 0.3 is 0 Å². The minimum atomic E-state index is 0.872. The van der Waals surface area contributed by atoms with Crippen LogP contribution in [0.3, 0.4) is 0 Å². The van der Waals surface area contributed by atoms with Crippen LogP contribution in [-0.4, -0.2) is 14.6 Å². The van der Waals surface area contributed by atoms with Gasteiger partial charge in [-0.25, -0.2) is 9.50 Å². The zero-order valence-electron chi connectivity index (χ0n) is 8.04. The third kappa shape index (κ3) is 1.38. The van der Waals surface area contributed by atoms with Crippen LogP contribution in [0.15, 0.2) is 54.9 Å². The Hall–Kier alpha value is -2.16. The Labute approximate surface area is 87.0 Å². The molecule has 72 valence electrons. The van der Waals surface area contributed by atoms with Crippen molar-refractivity contribution in [3.63, 3.8) is 0 Å². The topological polar surface area (TPSA) is 30.2 Å². The van der Waals surface area contributed by atoms with Crippen LogP contribution in [-0.2, 0) is 0 Å². The van der Waals surface area contributed by atoms with Crippen molar-refractivity contribution in [2.45, 2.75) is 0 Å². The van der Waals surface area contributed by atoms with Gasteiger partial charge < -0.3 is 0 Å². The maximum atomic E-state index is 4.51. The van der Waals surface area contributed by atoms with Crippen molar-refractivity contribution in [1.82, 2.24) is 14.6 Å². The Balaban J connectivity index is 2.19. The SMILES string of the molecule is c1ccc(-c2ccn3nccc3n2)cc1. The molecule has 0 N–H and O–H groups in total. The summed E-state index contributed by atoms with van der Waals surface area (Å²) in [6.07, 6.45) is 3.67. The molecule has 0 amide bonds. The molecule has 0 bridgehead atoms. The maximum absolute atomic E-state index is 4.51. The third-order valence-electron chi connectivity index (χ3n) is 2.33. The van der Waals surface area contributed by atoms with Crippen LogP contribution in [0.2, 0.25) is 0 Å². The molecule has 3 nitrogen and oxygen atoms in total. The molecule has 0 aliphatic carbocycles.